The SMILES string of the molecule is CC(C)(C)CC(=O)Nc1ncc[nH]1. The Kier molecular flexibility index (Phi) is 2.70. The van der Waals surface area contributed by atoms with Crippen molar-refractivity contribution < 1.29 is 4.79 Å². The summed E-state index contributed by atoms with van der Waals surface area (Å²) in [5.74, 6) is 0.497. The summed E-state index contributed by atoms with van der Waals surface area (Å²) in [5, 5.41) is 2.67. The molecule has 0 spiro atoms. The lowest BCUT2D eigenvalue weighted by Crippen LogP contribution is -2.20. The molecule has 4 heteroatoms. The molecule has 0 saturated heterocycles. The molecule has 1 aromatic heterocycles. The minimum atomic E-state index is -0.0116. The van der Waals surface area contributed by atoms with Gasteiger partial charge in [-0.05, 0) is 5.41 Å². The summed E-state index contributed by atoms with van der Waals surface area (Å²) in [4.78, 5) is 18.1. The van der Waals surface area contributed by atoms with Crippen LogP contribution >= 0.6 is 0 Å². The molecule has 0 atom stereocenters. The van der Waals surface area contributed by atoms with Gasteiger partial charge < -0.3 is 4.98 Å². The lowest BCUT2D eigenvalue weighted by Gasteiger charge is -2.16. The average Bonchev–Trinajstić information content (AvgIpc) is 2.34. The van der Waals surface area contributed by atoms with Crippen LogP contribution in [0.2, 0.25) is 0 Å². The van der Waals surface area contributed by atoms with Gasteiger partial charge in [0.1, 0.15) is 0 Å². The van der Waals surface area contributed by atoms with E-state index in [-0.39, 0.29) is 11.3 Å². The molecule has 1 aromatic rings. The molecule has 1 rings (SSSR count). The van der Waals surface area contributed by atoms with E-state index < -0.39 is 0 Å². The van der Waals surface area contributed by atoms with Gasteiger partial charge in [0.05, 0.1) is 0 Å². The quantitative estimate of drug-likeness (QED) is 0.730. The first-order valence-electron chi connectivity index (χ1n) is 4.27. The first kappa shape index (κ1) is 9.77. The van der Waals surface area contributed by atoms with Gasteiger partial charge >= 0.3 is 0 Å². The number of imidazole rings is 1. The maximum Gasteiger partial charge on any atom is 0.227 e. The molecule has 1 heterocycles. The van der Waals surface area contributed by atoms with Gasteiger partial charge in [-0.25, -0.2) is 4.98 Å². The van der Waals surface area contributed by atoms with Crippen LogP contribution in [-0.2, 0) is 4.79 Å². The van der Waals surface area contributed by atoms with Crippen molar-refractivity contribution in [1.29, 1.82) is 0 Å². The Labute approximate surface area is 77.8 Å². The van der Waals surface area contributed by atoms with Crippen LogP contribution in [0.3, 0.4) is 0 Å². The standard InChI is InChI=1S/C9H15N3O/c1-9(2,3)6-7(13)12-8-10-4-5-11-8/h4-5H,6H2,1-3H3,(H2,10,11,12,13). The number of carbonyl (C=O) groups excluding carboxylic acids is 1. The molecule has 4 nitrogen and oxygen atoms in total. The van der Waals surface area contributed by atoms with Crippen LogP contribution in [0, 0.1) is 5.41 Å². The Morgan fingerprint density at radius 3 is 2.77 bits per heavy atom. The maximum atomic E-state index is 11.4. The van der Waals surface area contributed by atoms with Crippen molar-refractivity contribution in [3.05, 3.63) is 12.4 Å². The van der Waals surface area contributed by atoms with Crippen molar-refractivity contribution in [1.82, 2.24) is 9.97 Å². The van der Waals surface area contributed by atoms with Crippen molar-refractivity contribution in [3.8, 4) is 0 Å². The number of amides is 1. The number of rotatable bonds is 2. The number of nitrogens with zero attached hydrogens (tertiary/aromatic N) is 1. The largest absolute Gasteiger partial charge is 0.331 e. The molecule has 13 heavy (non-hydrogen) atoms. The van der Waals surface area contributed by atoms with Crippen LogP contribution in [0.15, 0.2) is 12.4 Å². The molecule has 0 fully saturated rings. The summed E-state index contributed by atoms with van der Waals surface area (Å²) >= 11 is 0. The van der Waals surface area contributed by atoms with Crippen molar-refractivity contribution in [2.24, 2.45) is 5.41 Å². The Bertz CT molecular complexity index is 272. The predicted octanol–water partition coefficient (Wildman–Crippen LogP) is 1.78. The van der Waals surface area contributed by atoms with Gasteiger partial charge in [0.2, 0.25) is 11.9 Å². The predicted molar refractivity (Wildman–Crippen MR) is 51.3 cm³/mol. The van der Waals surface area contributed by atoms with Gasteiger partial charge in [-0.1, -0.05) is 20.8 Å². The third kappa shape index (κ3) is 3.73. The Morgan fingerprint density at radius 1 is 1.62 bits per heavy atom. The van der Waals surface area contributed by atoms with E-state index in [1.807, 2.05) is 20.8 Å². The van der Waals surface area contributed by atoms with E-state index in [0.717, 1.165) is 0 Å². The molecule has 0 bridgehead atoms. The number of aromatic amines is 1. The van der Waals surface area contributed by atoms with Crippen molar-refractivity contribution in [3.63, 3.8) is 0 Å². The highest BCUT2D eigenvalue weighted by Crippen LogP contribution is 2.18. The highest BCUT2D eigenvalue weighted by atomic mass is 16.1. The van der Waals surface area contributed by atoms with Crippen LogP contribution in [0.5, 0.6) is 0 Å². The summed E-state index contributed by atoms with van der Waals surface area (Å²) in [5.41, 5.74) is 0.0106. The lowest BCUT2D eigenvalue weighted by molar-refractivity contribution is -0.117. The molecule has 0 aromatic carbocycles. The maximum absolute atomic E-state index is 11.4. The van der Waals surface area contributed by atoms with Crippen molar-refractivity contribution in [2.75, 3.05) is 5.32 Å². The van der Waals surface area contributed by atoms with Crippen LogP contribution in [0.1, 0.15) is 27.2 Å². The van der Waals surface area contributed by atoms with E-state index in [4.69, 9.17) is 0 Å². The van der Waals surface area contributed by atoms with E-state index in [1.54, 1.807) is 12.4 Å². The van der Waals surface area contributed by atoms with Crippen molar-refractivity contribution in [2.45, 2.75) is 27.2 Å². The molecule has 0 unspecified atom stereocenters. The van der Waals surface area contributed by atoms with Crippen molar-refractivity contribution >= 4 is 11.9 Å². The molecular weight excluding hydrogens is 166 g/mol. The van der Waals surface area contributed by atoms with Gasteiger partial charge in [-0.2, -0.15) is 0 Å². The van der Waals surface area contributed by atoms with E-state index in [2.05, 4.69) is 15.3 Å². The fourth-order valence-corrected chi connectivity index (χ4v) is 0.992. The summed E-state index contributed by atoms with van der Waals surface area (Å²) in [6.45, 7) is 6.07. The molecule has 0 aliphatic rings. The number of hydrogen-bond acceptors (Lipinski definition) is 2. The van der Waals surface area contributed by atoms with Gasteiger partial charge in [0, 0.05) is 18.8 Å². The average molecular weight is 181 g/mol. The normalized spacial score (nSPS) is 11.3. The van der Waals surface area contributed by atoms with Crippen LogP contribution in [0.4, 0.5) is 5.95 Å². The van der Waals surface area contributed by atoms with E-state index in [0.29, 0.717) is 12.4 Å². The minimum absolute atomic E-state index is 0.0106. The third-order valence-electron chi connectivity index (χ3n) is 1.45. The molecule has 0 radical (unpaired) electrons. The number of aromatic nitrogens is 2. The number of anilines is 1. The second-order valence-corrected chi connectivity index (χ2v) is 4.22. The summed E-state index contributed by atoms with van der Waals surface area (Å²) in [7, 11) is 0. The third-order valence-corrected chi connectivity index (χ3v) is 1.45. The molecule has 72 valence electrons. The monoisotopic (exact) mass is 181 g/mol. The zero-order valence-corrected chi connectivity index (χ0v) is 8.22. The Hall–Kier alpha value is -1.32. The topological polar surface area (TPSA) is 57.8 Å². The highest BCUT2D eigenvalue weighted by molar-refractivity contribution is 5.89. The fraction of sp³-hybridized carbons (Fsp3) is 0.556. The number of hydrogen-bond donors (Lipinski definition) is 2. The van der Waals surface area contributed by atoms with E-state index >= 15 is 0 Å². The van der Waals surface area contributed by atoms with Gasteiger partial charge in [-0.15, -0.1) is 0 Å². The van der Waals surface area contributed by atoms with E-state index in [1.165, 1.54) is 0 Å². The number of carbonyl (C=O) groups is 1. The zero-order chi connectivity index (χ0) is 9.90. The minimum Gasteiger partial charge on any atom is -0.331 e. The van der Waals surface area contributed by atoms with Gasteiger partial charge in [0.15, 0.2) is 0 Å². The van der Waals surface area contributed by atoms with E-state index in [9.17, 15) is 4.79 Å². The smallest absolute Gasteiger partial charge is 0.227 e. The number of nitrogens with one attached hydrogen (secondary N) is 2. The second-order valence-electron chi connectivity index (χ2n) is 4.22. The second kappa shape index (κ2) is 3.60. The molecule has 1 amide bonds. The molecule has 0 aliphatic heterocycles. The zero-order valence-electron chi connectivity index (χ0n) is 8.22. The summed E-state index contributed by atoms with van der Waals surface area (Å²) in [6.07, 6.45) is 3.77. The van der Waals surface area contributed by atoms with Crippen LogP contribution < -0.4 is 5.32 Å². The van der Waals surface area contributed by atoms with Crippen LogP contribution in [-0.4, -0.2) is 15.9 Å². The van der Waals surface area contributed by atoms with Gasteiger partial charge in [0.25, 0.3) is 0 Å². The molecular formula is C9H15N3O. The summed E-state index contributed by atoms with van der Waals surface area (Å²) < 4.78 is 0. The molecule has 2 N–H and O–H groups in total. The molecule has 0 aliphatic carbocycles. The van der Waals surface area contributed by atoms with Crippen LogP contribution in [0.25, 0.3) is 0 Å². The first-order chi connectivity index (χ1) is 5.97. The Balaban J connectivity index is 2.43. The Morgan fingerprint density at radius 2 is 2.31 bits per heavy atom. The lowest BCUT2D eigenvalue weighted by atomic mass is 9.92. The first-order valence-corrected chi connectivity index (χ1v) is 4.27. The highest BCUT2D eigenvalue weighted by Gasteiger charge is 2.16. The fourth-order valence-electron chi connectivity index (χ4n) is 0.992. The summed E-state index contributed by atoms with van der Waals surface area (Å²) in [6, 6.07) is 0. The number of H-pyrrole nitrogens is 1. The van der Waals surface area contributed by atoms with Gasteiger partial charge in [-0.3, -0.25) is 10.1 Å². The molecule has 0 saturated carbocycles.